The Labute approximate surface area is 76.1 Å². The lowest BCUT2D eigenvalue weighted by molar-refractivity contribution is 0.0692. The highest BCUT2D eigenvalue weighted by atomic mass is 79.9. The number of carbonyl (C=O) groups is 1. The van der Waals surface area contributed by atoms with E-state index >= 15 is 0 Å². The minimum absolute atomic E-state index is 0.104. The molecule has 1 aromatic rings. The van der Waals surface area contributed by atoms with Gasteiger partial charge in [-0.3, -0.25) is 0 Å². The minimum atomic E-state index is -1.02. The SMILES string of the molecule is O=C(O)c1c(Br)nn2c1OCC2. The third-order valence-corrected chi connectivity index (χ3v) is 2.17. The number of hydrogen-bond donors (Lipinski definition) is 1. The maximum Gasteiger partial charge on any atom is 0.344 e. The van der Waals surface area contributed by atoms with E-state index in [0.29, 0.717) is 23.6 Å². The molecular weight excluding hydrogens is 228 g/mol. The van der Waals surface area contributed by atoms with Gasteiger partial charge in [0.15, 0.2) is 5.56 Å². The van der Waals surface area contributed by atoms with E-state index in [1.807, 2.05) is 0 Å². The number of aromatic nitrogens is 2. The fraction of sp³-hybridized carbons (Fsp3) is 0.333. The monoisotopic (exact) mass is 232 g/mol. The van der Waals surface area contributed by atoms with E-state index in [1.165, 1.54) is 4.68 Å². The first-order valence-electron chi connectivity index (χ1n) is 3.32. The van der Waals surface area contributed by atoms with Crippen LogP contribution in [0.3, 0.4) is 0 Å². The van der Waals surface area contributed by atoms with Crippen molar-refractivity contribution in [3.8, 4) is 5.88 Å². The normalized spacial score (nSPS) is 14.1. The number of nitrogens with zero attached hydrogens (tertiary/aromatic N) is 2. The highest BCUT2D eigenvalue weighted by molar-refractivity contribution is 9.10. The quantitative estimate of drug-likeness (QED) is 0.776. The Balaban J connectivity index is 2.59. The molecule has 0 bridgehead atoms. The van der Waals surface area contributed by atoms with Crippen LogP contribution in [-0.4, -0.2) is 27.5 Å². The first kappa shape index (κ1) is 7.60. The smallest absolute Gasteiger partial charge is 0.344 e. The largest absolute Gasteiger partial charge is 0.477 e. The second-order valence-corrected chi connectivity index (χ2v) is 3.10. The van der Waals surface area contributed by atoms with Crippen molar-refractivity contribution in [3.63, 3.8) is 0 Å². The van der Waals surface area contributed by atoms with E-state index in [2.05, 4.69) is 21.0 Å². The van der Waals surface area contributed by atoms with Gasteiger partial charge in [0, 0.05) is 0 Å². The summed E-state index contributed by atoms with van der Waals surface area (Å²) in [6.07, 6.45) is 0. The predicted molar refractivity (Wildman–Crippen MR) is 42.4 cm³/mol. The van der Waals surface area contributed by atoms with E-state index < -0.39 is 5.97 Å². The zero-order valence-electron chi connectivity index (χ0n) is 5.95. The second kappa shape index (κ2) is 2.48. The first-order valence-corrected chi connectivity index (χ1v) is 4.12. The maximum absolute atomic E-state index is 10.7. The molecule has 0 amide bonds. The molecule has 1 aliphatic heterocycles. The molecule has 0 spiro atoms. The van der Waals surface area contributed by atoms with Crippen LogP contribution in [0.5, 0.6) is 5.88 Å². The molecule has 0 atom stereocenters. The summed E-state index contributed by atoms with van der Waals surface area (Å²) in [5, 5.41) is 12.7. The molecular formula is C6H5BrN2O3. The van der Waals surface area contributed by atoms with Gasteiger partial charge in [0.25, 0.3) is 0 Å². The van der Waals surface area contributed by atoms with Crippen molar-refractivity contribution in [3.05, 3.63) is 10.2 Å². The molecule has 0 aromatic carbocycles. The zero-order valence-corrected chi connectivity index (χ0v) is 7.54. The van der Waals surface area contributed by atoms with Crippen molar-refractivity contribution in [1.82, 2.24) is 9.78 Å². The van der Waals surface area contributed by atoms with Crippen molar-refractivity contribution in [1.29, 1.82) is 0 Å². The summed E-state index contributed by atoms with van der Waals surface area (Å²) in [5.74, 6) is -0.681. The van der Waals surface area contributed by atoms with E-state index in [9.17, 15) is 4.79 Å². The van der Waals surface area contributed by atoms with E-state index in [1.54, 1.807) is 0 Å². The Bertz CT molecular complexity index is 347. The highest BCUT2D eigenvalue weighted by Crippen LogP contribution is 2.29. The average molecular weight is 233 g/mol. The number of fused-ring (bicyclic) bond motifs is 1. The van der Waals surface area contributed by atoms with Crippen LogP contribution in [0.25, 0.3) is 0 Å². The third kappa shape index (κ3) is 0.911. The Morgan fingerprint density at radius 1 is 1.75 bits per heavy atom. The molecule has 2 heterocycles. The predicted octanol–water partition coefficient (Wildman–Crippen LogP) is 0.736. The molecule has 1 aromatic heterocycles. The number of hydrogen-bond acceptors (Lipinski definition) is 3. The molecule has 0 radical (unpaired) electrons. The molecule has 1 aliphatic rings. The van der Waals surface area contributed by atoms with Gasteiger partial charge < -0.3 is 9.84 Å². The first-order chi connectivity index (χ1) is 5.70. The molecule has 1 N–H and O–H groups in total. The van der Waals surface area contributed by atoms with E-state index in [0.717, 1.165) is 0 Å². The molecule has 64 valence electrons. The average Bonchev–Trinajstić information content (AvgIpc) is 2.44. The Hall–Kier alpha value is -1.04. The molecule has 2 rings (SSSR count). The van der Waals surface area contributed by atoms with Crippen LogP contribution >= 0.6 is 15.9 Å². The molecule has 5 nitrogen and oxygen atoms in total. The summed E-state index contributed by atoms with van der Waals surface area (Å²) >= 11 is 3.05. The lowest BCUT2D eigenvalue weighted by Crippen LogP contribution is -1.99. The van der Waals surface area contributed by atoms with Gasteiger partial charge in [0.1, 0.15) is 11.2 Å². The Morgan fingerprint density at radius 2 is 2.50 bits per heavy atom. The number of carboxylic acids is 1. The van der Waals surface area contributed by atoms with E-state index in [-0.39, 0.29) is 5.56 Å². The molecule has 0 unspecified atom stereocenters. The van der Waals surface area contributed by atoms with Crippen LogP contribution < -0.4 is 4.74 Å². The summed E-state index contributed by atoms with van der Waals surface area (Å²) in [5.41, 5.74) is 0.104. The number of halogens is 1. The molecule has 0 aliphatic carbocycles. The maximum atomic E-state index is 10.7. The van der Waals surface area contributed by atoms with Gasteiger partial charge in [-0.15, -0.1) is 0 Å². The number of ether oxygens (including phenoxy) is 1. The fourth-order valence-corrected chi connectivity index (χ4v) is 1.66. The van der Waals surface area contributed by atoms with Crippen LogP contribution in [0.4, 0.5) is 0 Å². The van der Waals surface area contributed by atoms with Crippen molar-refractivity contribution in [2.24, 2.45) is 0 Å². The van der Waals surface area contributed by atoms with Crippen LogP contribution in [0, 0.1) is 0 Å². The Morgan fingerprint density at radius 3 is 3.17 bits per heavy atom. The lowest BCUT2D eigenvalue weighted by atomic mass is 10.3. The van der Waals surface area contributed by atoms with Gasteiger partial charge in [-0.2, -0.15) is 5.10 Å². The molecule has 0 fully saturated rings. The summed E-state index contributed by atoms with van der Waals surface area (Å²) in [6.45, 7) is 1.11. The van der Waals surface area contributed by atoms with E-state index in [4.69, 9.17) is 9.84 Å². The van der Waals surface area contributed by atoms with Gasteiger partial charge in [0.05, 0.1) is 6.54 Å². The van der Waals surface area contributed by atoms with Gasteiger partial charge >= 0.3 is 5.97 Å². The Kier molecular flexibility index (Phi) is 1.57. The minimum Gasteiger partial charge on any atom is -0.477 e. The number of aromatic carboxylic acids is 1. The van der Waals surface area contributed by atoms with Crippen molar-refractivity contribution in [2.75, 3.05) is 6.61 Å². The zero-order chi connectivity index (χ0) is 8.72. The van der Waals surface area contributed by atoms with Gasteiger partial charge in [-0.1, -0.05) is 0 Å². The van der Waals surface area contributed by atoms with Gasteiger partial charge in [-0.25, -0.2) is 9.48 Å². The standard InChI is InChI=1S/C6H5BrN2O3/c7-4-3(6(10)11)5-9(8-4)1-2-12-5/h1-2H2,(H,10,11). The van der Waals surface area contributed by atoms with Crippen molar-refractivity contribution >= 4 is 21.9 Å². The highest BCUT2D eigenvalue weighted by Gasteiger charge is 2.26. The molecule has 0 saturated carbocycles. The second-order valence-electron chi connectivity index (χ2n) is 2.35. The van der Waals surface area contributed by atoms with Crippen LogP contribution in [0.15, 0.2) is 4.60 Å². The molecule has 0 saturated heterocycles. The lowest BCUT2D eigenvalue weighted by Gasteiger charge is -1.94. The van der Waals surface area contributed by atoms with Gasteiger partial charge in [-0.05, 0) is 15.9 Å². The van der Waals surface area contributed by atoms with Crippen LogP contribution in [0.2, 0.25) is 0 Å². The van der Waals surface area contributed by atoms with Crippen LogP contribution in [-0.2, 0) is 6.54 Å². The summed E-state index contributed by atoms with van der Waals surface area (Å²) in [7, 11) is 0. The topological polar surface area (TPSA) is 64.3 Å². The number of carboxylic acid groups (broad SMARTS) is 1. The summed E-state index contributed by atoms with van der Waals surface area (Å²) < 4.78 is 6.96. The molecule has 6 heteroatoms. The summed E-state index contributed by atoms with van der Waals surface area (Å²) in [4.78, 5) is 10.7. The third-order valence-electron chi connectivity index (χ3n) is 1.62. The molecule has 12 heavy (non-hydrogen) atoms. The fourth-order valence-electron chi connectivity index (χ4n) is 1.13. The number of rotatable bonds is 1. The summed E-state index contributed by atoms with van der Waals surface area (Å²) in [6, 6.07) is 0. The van der Waals surface area contributed by atoms with Crippen molar-refractivity contribution < 1.29 is 14.6 Å². The van der Waals surface area contributed by atoms with Crippen molar-refractivity contribution in [2.45, 2.75) is 6.54 Å². The van der Waals surface area contributed by atoms with Gasteiger partial charge in [0.2, 0.25) is 5.88 Å². The van der Waals surface area contributed by atoms with Crippen LogP contribution in [0.1, 0.15) is 10.4 Å².